The summed E-state index contributed by atoms with van der Waals surface area (Å²) in [6, 6.07) is 14.1. The normalized spacial score (nSPS) is 10.1. The van der Waals surface area contributed by atoms with E-state index in [1.165, 1.54) is 5.56 Å². The van der Waals surface area contributed by atoms with Gasteiger partial charge in [0.05, 0.1) is 5.69 Å². The Kier molecular flexibility index (Phi) is 3.55. The summed E-state index contributed by atoms with van der Waals surface area (Å²) in [6.07, 6.45) is 3.53. The van der Waals surface area contributed by atoms with Crippen LogP contribution < -0.4 is 0 Å². The lowest BCUT2D eigenvalue weighted by Crippen LogP contribution is -2.05. The maximum atomic E-state index is 10.9. The van der Waals surface area contributed by atoms with Crippen molar-refractivity contribution in [2.45, 2.75) is 13.0 Å². The number of allylic oxidation sites excluding steroid dienone is 1. The molecule has 0 atom stereocenters. The van der Waals surface area contributed by atoms with Gasteiger partial charge in [-0.25, -0.2) is 0 Å². The molecule has 0 aliphatic heterocycles. The van der Waals surface area contributed by atoms with Crippen LogP contribution in [0.3, 0.4) is 0 Å². The molecule has 0 spiro atoms. The van der Waals surface area contributed by atoms with Crippen LogP contribution in [0, 0.1) is 0 Å². The number of aldehydes is 1. The van der Waals surface area contributed by atoms with E-state index in [0.29, 0.717) is 12.2 Å². The van der Waals surface area contributed by atoms with E-state index in [-0.39, 0.29) is 0 Å². The van der Waals surface area contributed by atoms with Gasteiger partial charge < -0.3 is 4.57 Å². The average molecular weight is 225 g/mol. The van der Waals surface area contributed by atoms with Crippen LogP contribution in [0.25, 0.3) is 0 Å². The monoisotopic (exact) mass is 225 g/mol. The quantitative estimate of drug-likeness (QED) is 0.566. The first-order valence-electron chi connectivity index (χ1n) is 5.63. The predicted molar refractivity (Wildman–Crippen MR) is 69.3 cm³/mol. The number of benzene rings is 1. The highest BCUT2D eigenvalue weighted by Gasteiger charge is 2.06. The number of rotatable bonds is 5. The Bertz CT molecular complexity index is 511. The van der Waals surface area contributed by atoms with Gasteiger partial charge in [0.25, 0.3) is 0 Å². The first kappa shape index (κ1) is 11.4. The Balaban J connectivity index is 2.29. The van der Waals surface area contributed by atoms with Gasteiger partial charge in [0.1, 0.15) is 0 Å². The summed E-state index contributed by atoms with van der Waals surface area (Å²) in [5, 5.41) is 0. The zero-order valence-electron chi connectivity index (χ0n) is 9.67. The van der Waals surface area contributed by atoms with E-state index in [1.54, 1.807) is 0 Å². The molecule has 0 saturated carbocycles. The second kappa shape index (κ2) is 5.30. The molecule has 0 unspecified atom stereocenters. The van der Waals surface area contributed by atoms with E-state index >= 15 is 0 Å². The summed E-state index contributed by atoms with van der Waals surface area (Å²) in [4.78, 5) is 10.9. The molecule has 86 valence electrons. The van der Waals surface area contributed by atoms with Crippen molar-refractivity contribution in [1.29, 1.82) is 0 Å². The molecule has 0 radical (unpaired) electrons. The van der Waals surface area contributed by atoms with Gasteiger partial charge in [-0.15, -0.1) is 6.58 Å². The molecule has 17 heavy (non-hydrogen) atoms. The molecule has 0 aliphatic carbocycles. The van der Waals surface area contributed by atoms with Crippen molar-refractivity contribution in [3.05, 3.63) is 72.1 Å². The summed E-state index contributed by atoms with van der Waals surface area (Å²) >= 11 is 0. The maximum absolute atomic E-state index is 10.9. The van der Waals surface area contributed by atoms with Crippen molar-refractivity contribution in [1.82, 2.24) is 4.57 Å². The molecule has 2 rings (SSSR count). The molecule has 1 heterocycles. The third-order valence-electron chi connectivity index (χ3n) is 2.77. The van der Waals surface area contributed by atoms with Crippen LogP contribution in [-0.2, 0) is 13.0 Å². The Morgan fingerprint density at radius 2 is 1.88 bits per heavy atom. The molecule has 2 aromatic rings. The second-order valence-electron chi connectivity index (χ2n) is 3.93. The molecule has 2 nitrogen and oxygen atoms in total. The fourth-order valence-electron chi connectivity index (χ4n) is 1.94. The highest BCUT2D eigenvalue weighted by atomic mass is 16.1. The lowest BCUT2D eigenvalue weighted by atomic mass is 10.1. The van der Waals surface area contributed by atoms with Crippen LogP contribution >= 0.6 is 0 Å². The van der Waals surface area contributed by atoms with Crippen LogP contribution in [-0.4, -0.2) is 10.9 Å². The van der Waals surface area contributed by atoms with E-state index in [1.807, 2.05) is 41.0 Å². The van der Waals surface area contributed by atoms with E-state index in [0.717, 1.165) is 18.4 Å². The zero-order chi connectivity index (χ0) is 12.1. The number of nitrogens with zero attached hydrogens (tertiary/aromatic N) is 1. The molecule has 0 fully saturated rings. The molecule has 0 N–H and O–H groups in total. The van der Waals surface area contributed by atoms with E-state index < -0.39 is 0 Å². The Hall–Kier alpha value is -2.09. The SMILES string of the molecule is C=CCn1c(C=O)ccc1Cc1ccccc1. The molecule has 0 amide bonds. The summed E-state index contributed by atoms with van der Waals surface area (Å²) in [6.45, 7) is 4.39. The third-order valence-corrected chi connectivity index (χ3v) is 2.77. The molecule has 0 bridgehead atoms. The molecule has 1 aromatic heterocycles. The van der Waals surface area contributed by atoms with Gasteiger partial charge in [-0.1, -0.05) is 36.4 Å². The fraction of sp³-hybridized carbons (Fsp3) is 0.133. The van der Waals surface area contributed by atoms with Gasteiger partial charge in [-0.3, -0.25) is 4.79 Å². The van der Waals surface area contributed by atoms with Crippen molar-refractivity contribution in [3.8, 4) is 0 Å². The highest BCUT2D eigenvalue weighted by Crippen LogP contribution is 2.13. The molecular weight excluding hydrogens is 210 g/mol. The van der Waals surface area contributed by atoms with Crippen molar-refractivity contribution in [2.75, 3.05) is 0 Å². The van der Waals surface area contributed by atoms with Crippen LogP contribution in [0.4, 0.5) is 0 Å². The number of aromatic nitrogens is 1. The number of carbonyl (C=O) groups excluding carboxylic acids is 1. The largest absolute Gasteiger partial charge is 0.338 e. The van der Waals surface area contributed by atoms with E-state index in [4.69, 9.17) is 0 Å². The summed E-state index contributed by atoms with van der Waals surface area (Å²) in [5.41, 5.74) is 3.09. The topological polar surface area (TPSA) is 22.0 Å². The lowest BCUT2D eigenvalue weighted by Gasteiger charge is -2.08. The summed E-state index contributed by atoms with van der Waals surface area (Å²) in [7, 11) is 0. The minimum atomic E-state index is 0.670. The standard InChI is InChI=1S/C15H15NO/c1-2-10-16-14(8-9-15(16)12-17)11-13-6-4-3-5-7-13/h2-9,12H,1,10-11H2. The number of hydrogen-bond donors (Lipinski definition) is 0. The smallest absolute Gasteiger partial charge is 0.166 e. The molecule has 0 saturated heterocycles. The second-order valence-corrected chi connectivity index (χ2v) is 3.93. The molecule has 0 aliphatic rings. The molecule has 2 heteroatoms. The van der Waals surface area contributed by atoms with Gasteiger partial charge in [-0.05, 0) is 17.7 Å². The first-order valence-corrected chi connectivity index (χ1v) is 5.63. The van der Waals surface area contributed by atoms with Gasteiger partial charge in [0, 0.05) is 18.7 Å². The Morgan fingerprint density at radius 3 is 2.53 bits per heavy atom. The minimum Gasteiger partial charge on any atom is -0.338 e. The Labute approximate surface area is 101 Å². The number of carbonyl (C=O) groups is 1. The summed E-state index contributed by atoms with van der Waals surface area (Å²) in [5.74, 6) is 0. The highest BCUT2D eigenvalue weighted by molar-refractivity contribution is 5.72. The maximum Gasteiger partial charge on any atom is 0.166 e. The van der Waals surface area contributed by atoms with Gasteiger partial charge in [-0.2, -0.15) is 0 Å². The van der Waals surface area contributed by atoms with Crippen LogP contribution in [0.5, 0.6) is 0 Å². The first-order chi connectivity index (χ1) is 8.35. The Morgan fingerprint density at radius 1 is 1.12 bits per heavy atom. The van der Waals surface area contributed by atoms with Crippen LogP contribution in [0.15, 0.2) is 55.1 Å². The molecular formula is C15H15NO. The van der Waals surface area contributed by atoms with Crippen LogP contribution in [0.1, 0.15) is 21.7 Å². The van der Waals surface area contributed by atoms with Crippen molar-refractivity contribution < 1.29 is 4.79 Å². The lowest BCUT2D eigenvalue weighted by molar-refractivity contribution is 0.111. The van der Waals surface area contributed by atoms with Crippen molar-refractivity contribution >= 4 is 6.29 Å². The van der Waals surface area contributed by atoms with Crippen molar-refractivity contribution in [2.24, 2.45) is 0 Å². The fourth-order valence-corrected chi connectivity index (χ4v) is 1.94. The van der Waals surface area contributed by atoms with Gasteiger partial charge in [0.15, 0.2) is 6.29 Å². The molecule has 1 aromatic carbocycles. The minimum absolute atomic E-state index is 0.670. The van der Waals surface area contributed by atoms with E-state index in [2.05, 4.69) is 18.7 Å². The average Bonchev–Trinajstić information content (AvgIpc) is 2.74. The van der Waals surface area contributed by atoms with Gasteiger partial charge in [0.2, 0.25) is 0 Å². The third kappa shape index (κ3) is 2.53. The predicted octanol–water partition coefficient (Wildman–Crippen LogP) is 3.08. The van der Waals surface area contributed by atoms with Crippen molar-refractivity contribution in [3.63, 3.8) is 0 Å². The van der Waals surface area contributed by atoms with E-state index in [9.17, 15) is 4.79 Å². The summed E-state index contributed by atoms with van der Waals surface area (Å²) < 4.78 is 1.99. The van der Waals surface area contributed by atoms with Crippen LogP contribution in [0.2, 0.25) is 0 Å². The zero-order valence-corrected chi connectivity index (χ0v) is 9.67. The number of hydrogen-bond acceptors (Lipinski definition) is 1. The van der Waals surface area contributed by atoms with Gasteiger partial charge >= 0.3 is 0 Å².